The molecule has 10 heteroatoms. The molecule has 2 aliphatic rings. The van der Waals surface area contributed by atoms with Gasteiger partial charge in [-0.05, 0) is 71.1 Å². The van der Waals surface area contributed by atoms with Gasteiger partial charge in [0.05, 0.1) is 23.5 Å². The summed E-state index contributed by atoms with van der Waals surface area (Å²) in [5.74, 6) is 0.947. The highest BCUT2D eigenvalue weighted by Gasteiger charge is 2.39. The van der Waals surface area contributed by atoms with Gasteiger partial charge in [0.1, 0.15) is 17.5 Å². The van der Waals surface area contributed by atoms with Crippen LogP contribution in [0.3, 0.4) is 0 Å². The first-order chi connectivity index (χ1) is 19.2. The van der Waals surface area contributed by atoms with Gasteiger partial charge in [0.2, 0.25) is 0 Å². The third-order valence-corrected chi connectivity index (χ3v) is 7.79. The fourth-order valence-corrected chi connectivity index (χ4v) is 6.20. The molecule has 4 aromatic rings. The Labute approximate surface area is 233 Å². The fraction of sp³-hybridized carbons (Fsp3) is 0.433. The van der Waals surface area contributed by atoms with Gasteiger partial charge in [-0.15, -0.1) is 0 Å². The number of nitrogens with one attached hydrogen (secondary N) is 1. The zero-order valence-electron chi connectivity index (χ0n) is 23.3. The SMILES string of the molecule is Cn1cc(-c2cc(-c3ccc(N4[C@@H]5CCC[C@H]4CC(NC(=O)OC(C)(C)C)C5)nc3)c3c(C#N)cnn3c2)cn1. The van der Waals surface area contributed by atoms with E-state index in [1.54, 1.807) is 15.4 Å². The Bertz CT molecular complexity index is 1580. The van der Waals surface area contributed by atoms with Gasteiger partial charge in [0.25, 0.3) is 0 Å². The Morgan fingerprint density at radius 3 is 2.45 bits per heavy atom. The average molecular weight is 539 g/mol. The number of hydrogen-bond donors (Lipinski definition) is 1. The van der Waals surface area contributed by atoms with Crippen LogP contribution in [-0.2, 0) is 11.8 Å². The van der Waals surface area contributed by atoms with E-state index in [0.29, 0.717) is 17.6 Å². The molecule has 0 saturated carbocycles. The number of rotatable bonds is 4. The largest absolute Gasteiger partial charge is 0.444 e. The summed E-state index contributed by atoms with van der Waals surface area (Å²) in [7, 11) is 1.89. The third-order valence-electron chi connectivity index (χ3n) is 7.79. The van der Waals surface area contributed by atoms with Crippen molar-refractivity contribution in [3.8, 4) is 28.3 Å². The lowest BCUT2D eigenvalue weighted by atomic mass is 9.81. The highest BCUT2D eigenvalue weighted by Crippen LogP contribution is 2.38. The van der Waals surface area contributed by atoms with Crippen LogP contribution in [0.2, 0.25) is 0 Å². The van der Waals surface area contributed by atoms with Crippen molar-refractivity contribution >= 4 is 17.4 Å². The average Bonchev–Trinajstić information content (AvgIpc) is 3.52. The van der Waals surface area contributed by atoms with E-state index in [0.717, 1.165) is 59.3 Å². The summed E-state index contributed by atoms with van der Waals surface area (Å²) < 4.78 is 9.03. The molecular formula is C30H34N8O2. The van der Waals surface area contributed by atoms with E-state index < -0.39 is 5.60 Å². The van der Waals surface area contributed by atoms with Gasteiger partial charge in [0, 0.05) is 66.0 Å². The number of fused-ring (bicyclic) bond motifs is 3. The van der Waals surface area contributed by atoms with E-state index in [1.165, 1.54) is 6.42 Å². The van der Waals surface area contributed by atoms with Gasteiger partial charge >= 0.3 is 6.09 Å². The van der Waals surface area contributed by atoms with Crippen molar-refractivity contribution in [2.75, 3.05) is 4.90 Å². The molecule has 0 aromatic carbocycles. The molecule has 1 unspecified atom stereocenters. The topological polar surface area (TPSA) is 113 Å². The number of hydrogen-bond acceptors (Lipinski definition) is 7. The number of piperidine rings is 2. The number of nitriles is 1. The molecule has 4 aromatic heterocycles. The molecule has 10 nitrogen and oxygen atoms in total. The van der Waals surface area contributed by atoms with Crippen molar-refractivity contribution in [2.45, 2.75) is 76.6 Å². The lowest BCUT2D eigenvalue weighted by Crippen LogP contribution is -2.57. The molecule has 3 atom stereocenters. The number of aromatic nitrogens is 5. The minimum Gasteiger partial charge on any atom is -0.444 e. The lowest BCUT2D eigenvalue weighted by molar-refractivity contribution is 0.0482. The van der Waals surface area contributed by atoms with E-state index in [2.05, 4.69) is 44.7 Å². The summed E-state index contributed by atoms with van der Waals surface area (Å²) >= 11 is 0. The molecule has 2 saturated heterocycles. The van der Waals surface area contributed by atoms with Crippen LogP contribution in [0.4, 0.5) is 10.6 Å². The Balaban J connectivity index is 1.28. The zero-order valence-corrected chi connectivity index (χ0v) is 23.3. The van der Waals surface area contributed by atoms with Crippen LogP contribution in [-0.4, -0.2) is 54.2 Å². The predicted octanol–water partition coefficient (Wildman–Crippen LogP) is 5.08. The number of carbonyl (C=O) groups excluding carboxylic acids is 1. The molecule has 6 heterocycles. The number of alkyl carbamates (subject to hydrolysis) is 1. The molecule has 40 heavy (non-hydrogen) atoms. The van der Waals surface area contributed by atoms with Gasteiger partial charge in [-0.3, -0.25) is 4.68 Å². The molecule has 206 valence electrons. The second-order valence-electron chi connectivity index (χ2n) is 11.9. The second kappa shape index (κ2) is 9.97. The first-order valence-corrected chi connectivity index (χ1v) is 13.8. The van der Waals surface area contributed by atoms with Crippen LogP contribution >= 0.6 is 0 Å². The molecule has 0 spiro atoms. The van der Waals surface area contributed by atoms with Gasteiger partial charge in [-0.1, -0.05) is 0 Å². The third kappa shape index (κ3) is 4.99. The van der Waals surface area contributed by atoms with Crippen molar-refractivity contribution < 1.29 is 9.53 Å². The summed E-state index contributed by atoms with van der Waals surface area (Å²) in [6.07, 6.45) is 13.9. The Morgan fingerprint density at radius 1 is 1.05 bits per heavy atom. The van der Waals surface area contributed by atoms with E-state index >= 15 is 0 Å². The van der Waals surface area contributed by atoms with Gasteiger partial charge < -0.3 is 15.0 Å². The van der Waals surface area contributed by atoms with Crippen LogP contribution in [0.25, 0.3) is 27.8 Å². The van der Waals surface area contributed by atoms with Gasteiger partial charge in [-0.25, -0.2) is 14.3 Å². The predicted molar refractivity (Wildman–Crippen MR) is 152 cm³/mol. The number of amides is 1. The first kappa shape index (κ1) is 25.9. The number of aryl methyl sites for hydroxylation is 1. The van der Waals surface area contributed by atoms with Crippen molar-refractivity contribution in [2.24, 2.45) is 7.05 Å². The van der Waals surface area contributed by atoms with Crippen LogP contribution in [0, 0.1) is 11.3 Å². The number of ether oxygens (including phenoxy) is 1. The molecule has 0 aliphatic carbocycles. The minimum atomic E-state index is -0.514. The van der Waals surface area contributed by atoms with Crippen molar-refractivity contribution in [3.05, 3.63) is 54.7 Å². The lowest BCUT2D eigenvalue weighted by Gasteiger charge is -2.49. The number of nitrogens with zero attached hydrogens (tertiary/aromatic N) is 7. The quantitative estimate of drug-likeness (QED) is 0.385. The fourth-order valence-electron chi connectivity index (χ4n) is 6.20. The molecule has 2 aliphatic heterocycles. The summed E-state index contributed by atoms with van der Waals surface area (Å²) in [5.41, 5.74) is 4.51. The van der Waals surface area contributed by atoms with E-state index in [4.69, 9.17) is 9.72 Å². The molecule has 1 N–H and O–H groups in total. The first-order valence-electron chi connectivity index (χ1n) is 13.8. The van der Waals surface area contributed by atoms with Crippen molar-refractivity contribution in [3.63, 3.8) is 0 Å². The minimum absolute atomic E-state index is 0.0930. The van der Waals surface area contributed by atoms with E-state index in [9.17, 15) is 10.1 Å². The van der Waals surface area contributed by atoms with Crippen LogP contribution < -0.4 is 10.2 Å². The Morgan fingerprint density at radius 2 is 1.82 bits per heavy atom. The summed E-state index contributed by atoms with van der Waals surface area (Å²) in [6, 6.07) is 9.23. The maximum atomic E-state index is 12.4. The Hall–Kier alpha value is -4.39. The maximum absolute atomic E-state index is 12.4. The normalized spacial score (nSPS) is 20.8. The summed E-state index contributed by atoms with van der Waals surface area (Å²) in [5, 5.41) is 21.6. The van der Waals surface area contributed by atoms with Crippen LogP contribution in [0.1, 0.15) is 58.4 Å². The molecule has 2 bridgehead atoms. The summed E-state index contributed by atoms with van der Waals surface area (Å²) in [6.45, 7) is 5.65. The molecule has 2 fully saturated rings. The highest BCUT2D eigenvalue weighted by molar-refractivity contribution is 5.87. The smallest absolute Gasteiger partial charge is 0.407 e. The van der Waals surface area contributed by atoms with Crippen molar-refractivity contribution in [1.82, 2.24) is 29.7 Å². The molecule has 1 amide bonds. The second-order valence-corrected chi connectivity index (χ2v) is 11.9. The molecule has 6 rings (SSSR count). The zero-order chi connectivity index (χ0) is 28.0. The van der Waals surface area contributed by atoms with Crippen LogP contribution in [0.5, 0.6) is 0 Å². The van der Waals surface area contributed by atoms with Gasteiger partial charge in [0.15, 0.2) is 0 Å². The van der Waals surface area contributed by atoms with Gasteiger partial charge in [-0.2, -0.15) is 15.5 Å². The standard InChI is InChI=1S/C30H34N8O2/c1-30(2,3)40-29(39)35-23-11-24-6-5-7-25(12-23)38(24)27-9-8-19(14-32-27)26-10-20(22-16-33-36(4)17-22)18-37-28(26)21(13-31)15-34-37/h8-10,14-18,23-25H,5-7,11-12H2,1-4H3,(H,35,39)/t23?,24-,25+. The highest BCUT2D eigenvalue weighted by atomic mass is 16.6. The number of carbonyl (C=O) groups is 1. The number of pyridine rings is 2. The molecule has 0 radical (unpaired) electrons. The number of anilines is 1. The maximum Gasteiger partial charge on any atom is 0.407 e. The molecular weight excluding hydrogens is 504 g/mol. The van der Waals surface area contributed by atoms with E-state index in [1.807, 2.05) is 52.6 Å². The monoisotopic (exact) mass is 538 g/mol. The summed E-state index contributed by atoms with van der Waals surface area (Å²) in [4.78, 5) is 19.8. The van der Waals surface area contributed by atoms with E-state index in [-0.39, 0.29) is 12.1 Å². The van der Waals surface area contributed by atoms with Crippen LogP contribution in [0.15, 0.2) is 49.2 Å². The van der Waals surface area contributed by atoms with Crippen molar-refractivity contribution in [1.29, 1.82) is 5.26 Å². The Kier molecular flexibility index (Phi) is 6.45.